The molecule has 0 spiro atoms. The van der Waals surface area contributed by atoms with Crippen LogP contribution in [0.2, 0.25) is 10.0 Å². The Morgan fingerprint density at radius 2 is 1.88 bits per heavy atom. The first-order chi connectivity index (χ1) is 11.7. The third-order valence-electron chi connectivity index (χ3n) is 4.04. The zero-order valence-electron chi connectivity index (χ0n) is 13.0. The van der Waals surface area contributed by atoms with Gasteiger partial charge in [-0.25, -0.2) is 0 Å². The summed E-state index contributed by atoms with van der Waals surface area (Å²) in [6.07, 6.45) is -5.16. The molecule has 25 heavy (non-hydrogen) atoms. The lowest BCUT2D eigenvalue weighted by atomic mass is 9.88. The smallest absolute Gasteiger partial charge is 0.374 e. The van der Waals surface area contributed by atoms with Crippen molar-refractivity contribution in [3.05, 3.63) is 55.2 Å². The van der Waals surface area contributed by atoms with Crippen molar-refractivity contribution >= 4 is 40.3 Å². The first-order valence-electron chi connectivity index (χ1n) is 7.24. The number of hydrogen-bond donors (Lipinski definition) is 1. The summed E-state index contributed by atoms with van der Waals surface area (Å²) in [4.78, 5) is 6.52. The van der Waals surface area contributed by atoms with Gasteiger partial charge in [0.05, 0.1) is 11.3 Å². The van der Waals surface area contributed by atoms with Gasteiger partial charge in [0.2, 0.25) is 0 Å². The zero-order chi connectivity index (χ0) is 18.4. The number of rotatable bonds is 3. The first kappa shape index (κ1) is 18.5. The monoisotopic (exact) mass is 408 g/mol. The Kier molecular flexibility index (Phi) is 4.79. The van der Waals surface area contributed by atoms with Gasteiger partial charge in [-0.1, -0.05) is 28.4 Å². The highest BCUT2D eigenvalue weighted by Gasteiger charge is 2.62. The lowest BCUT2D eigenvalue weighted by Crippen LogP contribution is -2.42. The van der Waals surface area contributed by atoms with Gasteiger partial charge in [0.1, 0.15) is 5.71 Å². The molecule has 0 radical (unpaired) electrons. The van der Waals surface area contributed by atoms with Crippen LogP contribution in [0.4, 0.5) is 13.2 Å². The topological polar surface area (TPSA) is 47.6 Å². The molecule has 1 aromatic heterocycles. The summed E-state index contributed by atoms with van der Waals surface area (Å²) in [5, 5.41) is 3.93. The second-order valence-corrected chi connectivity index (χ2v) is 7.81. The van der Waals surface area contributed by atoms with E-state index >= 15 is 0 Å². The molecule has 0 amide bonds. The van der Waals surface area contributed by atoms with Crippen molar-refractivity contribution in [2.24, 2.45) is 10.9 Å². The second kappa shape index (κ2) is 6.46. The maximum Gasteiger partial charge on any atom is 0.435 e. The third-order valence-corrected chi connectivity index (χ3v) is 5.62. The molecule has 2 N–H and O–H groups in total. The van der Waals surface area contributed by atoms with Crippen molar-refractivity contribution in [3.8, 4) is 0 Å². The van der Waals surface area contributed by atoms with E-state index in [-0.39, 0.29) is 21.3 Å². The molecule has 2 heterocycles. The fraction of sp³-hybridized carbons (Fsp3) is 0.312. The fourth-order valence-electron chi connectivity index (χ4n) is 2.69. The molecule has 1 aliphatic rings. The Hall–Kier alpha value is -1.28. The Labute approximate surface area is 156 Å². The van der Waals surface area contributed by atoms with Gasteiger partial charge in [-0.3, -0.25) is 0 Å². The average molecular weight is 409 g/mol. The standard InChI is InChI=1S/C16H13Cl2F3N2OS/c1-8-9(7-22)2-14(25-8)13-6-15(24-23-13,16(19,20)21)10-3-11(17)5-12(18)4-10/h2-5H,6-7,22H2,1H3. The Morgan fingerprint density at radius 1 is 1.24 bits per heavy atom. The maximum absolute atomic E-state index is 13.9. The highest BCUT2D eigenvalue weighted by molar-refractivity contribution is 7.14. The summed E-state index contributed by atoms with van der Waals surface area (Å²) in [6, 6.07) is 5.51. The van der Waals surface area contributed by atoms with Crippen LogP contribution in [-0.2, 0) is 17.0 Å². The number of halogens is 5. The van der Waals surface area contributed by atoms with Crippen LogP contribution in [0.25, 0.3) is 0 Å². The van der Waals surface area contributed by atoms with E-state index in [1.165, 1.54) is 29.5 Å². The van der Waals surface area contributed by atoms with Gasteiger partial charge in [0.15, 0.2) is 0 Å². The van der Waals surface area contributed by atoms with E-state index in [9.17, 15) is 13.2 Å². The number of hydrogen-bond acceptors (Lipinski definition) is 4. The van der Waals surface area contributed by atoms with Crippen molar-refractivity contribution in [2.45, 2.75) is 31.7 Å². The van der Waals surface area contributed by atoms with Crippen LogP contribution < -0.4 is 5.73 Å². The molecule has 0 saturated heterocycles. The van der Waals surface area contributed by atoms with Gasteiger partial charge in [-0.2, -0.15) is 13.2 Å². The van der Waals surface area contributed by atoms with Crippen molar-refractivity contribution in [2.75, 3.05) is 0 Å². The summed E-state index contributed by atoms with van der Waals surface area (Å²) in [5.74, 6) is 0. The zero-order valence-corrected chi connectivity index (χ0v) is 15.3. The van der Waals surface area contributed by atoms with Crippen molar-refractivity contribution in [1.82, 2.24) is 0 Å². The average Bonchev–Trinajstić information content (AvgIpc) is 3.10. The SMILES string of the molecule is Cc1sc(C2=NOC(c3cc(Cl)cc(Cl)c3)(C(F)(F)F)C2)cc1CN. The van der Waals surface area contributed by atoms with Crippen LogP contribution >= 0.6 is 34.5 Å². The highest BCUT2D eigenvalue weighted by Crippen LogP contribution is 2.50. The van der Waals surface area contributed by atoms with E-state index in [2.05, 4.69) is 5.16 Å². The van der Waals surface area contributed by atoms with Crippen LogP contribution in [0.5, 0.6) is 0 Å². The van der Waals surface area contributed by atoms with E-state index in [0.29, 0.717) is 11.4 Å². The van der Waals surface area contributed by atoms with Crippen LogP contribution in [0.15, 0.2) is 29.4 Å². The van der Waals surface area contributed by atoms with Crippen LogP contribution in [0.1, 0.15) is 27.3 Å². The number of aryl methyl sites for hydroxylation is 1. The molecule has 0 bridgehead atoms. The van der Waals surface area contributed by atoms with Crippen LogP contribution in [0.3, 0.4) is 0 Å². The lowest BCUT2D eigenvalue weighted by Gasteiger charge is -2.29. The Morgan fingerprint density at radius 3 is 2.40 bits per heavy atom. The van der Waals surface area contributed by atoms with E-state index < -0.39 is 18.2 Å². The van der Waals surface area contributed by atoms with Crippen molar-refractivity contribution < 1.29 is 18.0 Å². The molecular weight excluding hydrogens is 396 g/mol. The molecule has 3 rings (SSSR count). The van der Waals surface area contributed by atoms with E-state index in [1.54, 1.807) is 6.07 Å². The van der Waals surface area contributed by atoms with E-state index in [0.717, 1.165) is 10.4 Å². The molecule has 2 aromatic rings. The van der Waals surface area contributed by atoms with Gasteiger partial charge in [0, 0.05) is 27.0 Å². The van der Waals surface area contributed by atoms with Gasteiger partial charge < -0.3 is 10.6 Å². The van der Waals surface area contributed by atoms with Crippen LogP contribution in [0, 0.1) is 6.92 Å². The molecule has 0 saturated carbocycles. The minimum Gasteiger partial charge on any atom is -0.374 e. The van der Waals surface area contributed by atoms with Crippen LogP contribution in [-0.4, -0.2) is 11.9 Å². The molecule has 0 aliphatic carbocycles. The fourth-order valence-corrected chi connectivity index (χ4v) is 4.25. The molecule has 134 valence electrons. The molecular formula is C16H13Cl2F3N2OS. The van der Waals surface area contributed by atoms with Crippen molar-refractivity contribution in [1.29, 1.82) is 0 Å². The number of benzene rings is 1. The van der Waals surface area contributed by atoms with Gasteiger partial charge in [0.25, 0.3) is 5.60 Å². The minimum absolute atomic E-state index is 0.0977. The number of alkyl halides is 3. The first-order valence-corrected chi connectivity index (χ1v) is 8.81. The second-order valence-electron chi connectivity index (χ2n) is 5.69. The Balaban J connectivity index is 2.03. The van der Waals surface area contributed by atoms with Gasteiger partial charge in [-0.05, 0) is 36.8 Å². The molecule has 0 fully saturated rings. The summed E-state index contributed by atoms with van der Waals surface area (Å²) < 4.78 is 41.7. The number of nitrogens with zero attached hydrogens (tertiary/aromatic N) is 1. The predicted molar refractivity (Wildman–Crippen MR) is 93.4 cm³/mol. The molecule has 1 atom stereocenters. The minimum atomic E-state index is -4.70. The summed E-state index contributed by atoms with van der Waals surface area (Å²) in [5.41, 5.74) is 3.94. The lowest BCUT2D eigenvalue weighted by molar-refractivity contribution is -0.275. The van der Waals surface area contributed by atoms with E-state index in [1.807, 2.05) is 6.92 Å². The van der Waals surface area contributed by atoms with E-state index in [4.69, 9.17) is 33.8 Å². The van der Waals surface area contributed by atoms with Crippen molar-refractivity contribution in [3.63, 3.8) is 0 Å². The maximum atomic E-state index is 13.9. The largest absolute Gasteiger partial charge is 0.435 e. The quantitative estimate of drug-likeness (QED) is 0.738. The van der Waals surface area contributed by atoms with Gasteiger partial charge in [-0.15, -0.1) is 11.3 Å². The number of oxime groups is 1. The van der Waals surface area contributed by atoms with Gasteiger partial charge >= 0.3 is 6.18 Å². The summed E-state index contributed by atoms with van der Waals surface area (Å²) >= 11 is 13.1. The predicted octanol–water partition coefficient (Wildman–Crippen LogP) is 5.40. The normalized spacial score (nSPS) is 20.5. The number of thiophene rings is 1. The molecule has 3 nitrogen and oxygen atoms in total. The Bertz CT molecular complexity index is 830. The summed E-state index contributed by atoms with van der Waals surface area (Å²) in [7, 11) is 0. The molecule has 1 aromatic carbocycles. The molecule has 9 heteroatoms. The molecule has 1 unspecified atom stereocenters. The number of nitrogens with two attached hydrogens (primary N) is 1. The molecule has 1 aliphatic heterocycles. The third kappa shape index (κ3) is 3.26. The summed E-state index contributed by atoms with van der Waals surface area (Å²) in [6.45, 7) is 2.17. The highest BCUT2D eigenvalue weighted by atomic mass is 35.5.